The van der Waals surface area contributed by atoms with E-state index in [1.165, 1.54) is 0 Å². The summed E-state index contributed by atoms with van der Waals surface area (Å²) in [5, 5.41) is 4.18. The number of rotatable bonds is 7. The fraction of sp³-hybridized carbons (Fsp3) is 0.588. The number of amides is 1. The van der Waals surface area contributed by atoms with Crippen LogP contribution in [0.4, 0.5) is 0 Å². The molecule has 0 aliphatic rings. The first kappa shape index (κ1) is 17.7. The predicted molar refractivity (Wildman–Crippen MR) is 93.7 cm³/mol. The summed E-state index contributed by atoms with van der Waals surface area (Å²) in [6.45, 7) is 10.8. The minimum atomic E-state index is -0.266. The van der Waals surface area contributed by atoms with Crippen LogP contribution in [0.2, 0.25) is 0 Å². The number of thiazole rings is 1. The molecule has 1 N–H and O–H groups in total. The molecule has 2 aromatic heterocycles. The molecule has 0 aliphatic heterocycles. The van der Waals surface area contributed by atoms with Crippen molar-refractivity contribution in [1.82, 2.24) is 19.9 Å². The highest BCUT2D eigenvalue weighted by atomic mass is 32.1. The van der Waals surface area contributed by atoms with Gasteiger partial charge in [-0.3, -0.25) is 4.79 Å². The minimum absolute atomic E-state index is 0.00902. The number of aryl methyl sites for hydroxylation is 2. The third-order valence-corrected chi connectivity index (χ3v) is 5.05. The Balaban J connectivity index is 2.00. The van der Waals surface area contributed by atoms with Crippen molar-refractivity contribution in [2.75, 3.05) is 0 Å². The van der Waals surface area contributed by atoms with Gasteiger partial charge >= 0.3 is 0 Å². The first-order valence-electron chi connectivity index (χ1n) is 8.19. The number of aromatic nitrogens is 3. The zero-order valence-corrected chi connectivity index (χ0v) is 15.4. The maximum Gasteiger partial charge on any atom is 0.243 e. The van der Waals surface area contributed by atoms with Gasteiger partial charge < -0.3 is 9.88 Å². The molecule has 0 fully saturated rings. The Morgan fingerprint density at radius 3 is 2.78 bits per heavy atom. The molecule has 1 amide bonds. The number of carbonyl (C=O) groups excluding carboxylic acids is 1. The van der Waals surface area contributed by atoms with E-state index < -0.39 is 0 Å². The van der Waals surface area contributed by atoms with Gasteiger partial charge in [0.05, 0.1) is 17.2 Å². The molecule has 0 aliphatic carbocycles. The molecule has 0 saturated heterocycles. The van der Waals surface area contributed by atoms with Crippen molar-refractivity contribution in [3.63, 3.8) is 0 Å². The second kappa shape index (κ2) is 7.73. The molecule has 1 atom stereocenters. The molecule has 6 heteroatoms. The topological polar surface area (TPSA) is 59.8 Å². The van der Waals surface area contributed by atoms with Gasteiger partial charge in [-0.1, -0.05) is 20.8 Å². The lowest BCUT2D eigenvalue weighted by Crippen LogP contribution is -2.31. The monoisotopic (exact) mass is 334 g/mol. The highest BCUT2D eigenvalue weighted by Crippen LogP contribution is 2.20. The maximum atomic E-state index is 12.5. The van der Waals surface area contributed by atoms with Crippen molar-refractivity contribution in [2.45, 2.75) is 66.0 Å². The fourth-order valence-electron chi connectivity index (χ4n) is 2.51. The average molecular weight is 334 g/mol. The van der Waals surface area contributed by atoms with E-state index in [0.717, 1.165) is 34.2 Å². The van der Waals surface area contributed by atoms with Crippen LogP contribution in [0.5, 0.6) is 0 Å². The molecule has 0 radical (unpaired) electrons. The van der Waals surface area contributed by atoms with E-state index in [1.807, 2.05) is 24.6 Å². The third kappa shape index (κ3) is 4.19. The first-order valence-corrected chi connectivity index (χ1v) is 9.01. The van der Waals surface area contributed by atoms with E-state index in [-0.39, 0.29) is 11.9 Å². The molecule has 0 bridgehead atoms. The van der Waals surface area contributed by atoms with Crippen molar-refractivity contribution in [1.29, 1.82) is 0 Å². The van der Waals surface area contributed by atoms with Gasteiger partial charge in [0.15, 0.2) is 0 Å². The SMILES string of the molecule is CCCc1nc(C)c(CNC(=O)C(C)n2ccnc2C(C)C)s1. The molecule has 23 heavy (non-hydrogen) atoms. The van der Waals surface area contributed by atoms with Crippen LogP contribution in [0.25, 0.3) is 0 Å². The van der Waals surface area contributed by atoms with E-state index in [9.17, 15) is 4.79 Å². The van der Waals surface area contributed by atoms with Gasteiger partial charge in [-0.05, 0) is 26.7 Å². The van der Waals surface area contributed by atoms with E-state index in [0.29, 0.717) is 12.5 Å². The molecular formula is C17H26N4OS. The second-order valence-electron chi connectivity index (χ2n) is 6.11. The van der Waals surface area contributed by atoms with Crippen LogP contribution in [0.15, 0.2) is 12.4 Å². The third-order valence-electron chi connectivity index (χ3n) is 3.84. The predicted octanol–water partition coefficient (Wildman–Crippen LogP) is 3.60. The van der Waals surface area contributed by atoms with Gasteiger partial charge in [0.25, 0.3) is 0 Å². The van der Waals surface area contributed by atoms with Crippen LogP contribution < -0.4 is 5.32 Å². The summed E-state index contributed by atoms with van der Waals surface area (Å²) in [5.41, 5.74) is 1.02. The number of nitrogens with one attached hydrogen (secondary N) is 1. The highest BCUT2D eigenvalue weighted by molar-refractivity contribution is 7.11. The Kier molecular flexibility index (Phi) is 5.93. The summed E-state index contributed by atoms with van der Waals surface area (Å²) in [6.07, 6.45) is 5.72. The van der Waals surface area contributed by atoms with E-state index in [4.69, 9.17) is 0 Å². The van der Waals surface area contributed by atoms with Gasteiger partial charge in [-0.25, -0.2) is 9.97 Å². The van der Waals surface area contributed by atoms with E-state index >= 15 is 0 Å². The first-order chi connectivity index (χ1) is 10.9. The standard InChI is InChI=1S/C17H26N4OS/c1-6-7-15-20-12(4)14(23-15)10-19-17(22)13(5)21-9-8-18-16(21)11(2)3/h8-9,11,13H,6-7,10H2,1-5H3,(H,19,22). The van der Waals surface area contributed by atoms with Crippen molar-refractivity contribution in [3.05, 3.63) is 33.8 Å². The Morgan fingerprint density at radius 2 is 2.13 bits per heavy atom. The van der Waals surface area contributed by atoms with Crippen LogP contribution in [0.1, 0.15) is 67.5 Å². The summed E-state index contributed by atoms with van der Waals surface area (Å²) in [5.74, 6) is 1.24. The van der Waals surface area contributed by atoms with Crippen LogP contribution in [-0.2, 0) is 17.8 Å². The highest BCUT2D eigenvalue weighted by Gasteiger charge is 2.19. The van der Waals surface area contributed by atoms with Gasteiger partial charge in [-0.2, -0.15) is 0 Å². The van der Waals surface area contributed by atoms with Gasteiger partial charge in [0, 0.05) is 23.2 Å². The molecule has 5 nitrogen and oxygen atoms in total. The lowest BCUT2D eigenvalue weighted by molar-refractivity contribution is -0.124. The molecule has 2 rings (SSSR count). The molecule has 2 aromatic rings. The van der Waals surface area contributed by atoms with Crippen molar-refractivity contribution >= 4 is 17.2 Å². The average Bonchev–Trinajstić information content (AvgIpc) is 3.11. The number of hydrogen-bond donors (Lipinski definition) is 1. The van der Waals surface area contributed by atoms with Gasteiger partial charge in [0.1, 0.15) is 11.9 Å². The van der Waals surface area contributed by atoms with Crippen molar-refractivity contribution < 1.29 is 4.79 Å². The van der Waals surface area contributed by atoms with E-state index in [1.54, 1.807) is 17.5 Å². The molecule has 126 valence electrons. The van der Waals surface area contributed by atoms with Crippen LogP contribution >= 0.6 is 11.3 Å². The quantitative estimate of drug-likeness (QED) is 0.841. The molecule has 0 spiro atoms. The number of nitrogens with zero attached hydrogens (tertiary/aromatic N) is 3. The molecule has 1 unspecified atom stereocenters. The molecule has 2 heterocycles. The number of carbonyl (C=O) groups is 1. The second-order valence-corrected chi connectivity index (χ2v) is 7.28. The Morgan fingerprint density at radius 1 is 1.39 bits per heavy atom. The summed E-state index contributed by atoms with van der Waals surface area (Å²) in [6, 6.07) is -0.266. The zero-order valence-electron chi connectivity index (χ0n) is 14.6. The smallest absolute Gasteiger partial charge is 0.243 e. The Hall–Kier alpha value is -1.69. The number of imidazole rings is 1. The van der Waals surface area contributed by atoms with Crippen LogP contribution in [0.3, 0.4) is 0 Å². The van der Waals surface area contributed by atoms with E-state index in [2.05, 4.69) is 36.1 Å². The normalized spacial score (nSPS) is 12.6. The number of hydrogen-bond acceptors (Lipinski definition) is 4. The summed E-state index contributed by atoms with van der Waals surface area (Å²) in [4.78, 5) is 22.5. The lowest BCUT2D eigenvalue weighted by atomic mass is 10.2. The van der Waals surface area contributed by atoms with Crippen LogP contribution in [0, 0.1) is 6.92 Å². The van der Waals surface area contributed by atoms with Gasteiger partial charge in [0.2, 0.25) is 5.91 Å². The summed E-state index contributed by atoms with van der Waals surface area (Å²) in [7, 11) is 0. The molecule has 0 saturated carbocycles. The van der Waals surface area contributed by atoms with Crippen molar-refractivity contribution in [3.8, 4) is 0 Å². The van der Waals surface area contributed by atoms with Crippen LogP contribution in [-0.4, -0.2) is 20.4 Å². The van der Waals surface area contributed by atoms with Crippen molar-refractivity contribution in [2.24, 2.45) is 0 Å². The maximum absolute atomic E-state index is 12.5. The zero-order chi connectivity index (χ0) is 17.0. The molecule has 0 aromatic carbocycles. The Labute approximate surface area is 142 Å². The van der Waals surface area contributed by atoms with Gasteiger partial charge in [-0.15, -0.1) is 11.3 Å². The lowest BCUT2D eigenvalue weighted by Gasteiger charge is -2.17. The minimum Gasteiger partial charge on any atom is -0.349 e. The summed E-state index contributed by atoms with van der Waals surface area (Å²) >= 11 is 1.70. The Bertz CT molecular complexity index is 659. The summed E-state index contributed by atoms with van der Waals surface area (Å²) < 4.78 is 1.95. The largest absolute Gasteiger partial charge is 0.349 e. The molecular weight excluding hydrogens is 308 g/mol. The fourth-order valence-corrected chi connectivity index (χ4v) is 3.62.